The lowest BCUT2D eigenvalue weighted by molar-refractivity contribution is -0.146. The molecule has 2 atom stereocenters. The van der Waals surface area contributed by atoms with E-state index in [0.29, 0.717) is 12.2 Å². The second-order valence-corrected chi connectivity index (χ2v) is 7.48. The Kier molecular flexibility index (Phi) is 11.6. The van der Waals surface area contributed by atoms with Gasteiger partial charge in [-0.05, 0) is 18.4 Å². The Bertz CT molecular complexity index is 848. The number of barbiturate groups is 1. The van der Waals surface area contributed by atoms with Gasteiger partial charge in [0.25, 0.3) is 17.3 Å². The number of carbonyl (C=O) groups is 4. The number of imide groups is 2. The number of nitrogens with one attached hydrogen (secondary N) is 1. The Hall–Kier alpha value is -2.87. The molecule has 0 aromatic heterocycles. The van der Waals surface area contributed by atoms with Gasteiger partial charge in [0.05, 0.1) is 13.2 Å². The summed E-state index contributed by atoms with van der Waals surface area (Å²) in [5.41, 5.74) is 4.05. The summed E-state index contributed by atoms with van der Waals surface area (Å²) in [5, 5.41) is 2.25. The van der Waals surface area contributed by atoms with Crippen LogP contribution in [-0.2, 0) is 35.8 Å². The Morgan fingerprint density at radius 1 is 1.21 bits per heavy atom. The van der Waals surface area contributed by atoms with Crippen LogP contribution in [0.3, 0.4) is 0 Å². The molecule has 12 nitrogen and oxygen atoms in total. The Morgan fingerprint density at radius 3 is 2.33 bits per heavy atom. The number of hydrogen-bond acceptors (Lipinski definition) is 7. The average Bonchev–Trinajstić information content (AvgIpc) is 2.74. The molecule has 2 rings (SSSR count). The molecule has 1 aromatic rings. The maximum absolute atomic E-state index is 13.3. The van der Waals surface area contributed by atoms with Crippen LogP contribution in [0.25, 0.3) is 0 Å². The van der Waals surface area contributed by atoms with Gasteiger partial charge in [-0.1, -0.05) is 50.6 Å². The molecule has 0 radical (unpaired) electrons. The molecule has 1 aliphatic rings. The fraction of sp³-hybridized carbons (Fsp3) is 0.500. The van der Waals surface area contributed by atoms with Crippen molar-refractivity contribution in [3.8, 4) is 0 Å². The molecule has 1 fully saturated rings. The molecular weight excluding hydrogens is 458 g/mol. The number of amides is 5. The number of urea groups is 1. The fourth-order valence-electron chi connectivity index (χ4n) is 3.30. The molecule has 13 heteroatoms. The number of unbranched alkanes of at least 4 members (excludes halogenated alkanes) is 1. The molecule has 184 valence electrons. The van der Waals surface area contributed by atoms with Crippen molar-refractivity contribution in [1.82, 2.24) is 10.2 Å². The van der Waals surface area contributed by atoms with E-state index in [1.165, 1.54) is 0 Å². The third-order valence-corrected chi connectivity index (χ3v) is 4.88. The van der Waals surface area contributed by atoms with Gasteiger partial charge in [0, 0.05) is 6.61 Å². The van der Waals surface area contributed by atoms with Crippen LogP contribution >= 0.6 is 0 Å². The summed E-state index contributed by atoms with van der Waals surface area (Å²) < 4.78 is 33.3. The van der Waals surface area contributed by atoms with Gasteiger partial charge in [0.2, 0.25) is 5.91 Å². The minimum Gasteiger partial charge on any atom is -0.442 e. The van der Waals surface area contributed by atoms with Gasteiger partial charge >= 0.3 is 12.1 Å². The molecule has 33 heavy (non-hydrogen) atoms. The van der Waals surface area contributed by atoms with Gasteiger partial charge in [-0.2, -0.15) is 4.21 Å². The van der Waals surface area contributed by atoms with Crippen LogP contribution in [0.15, 0.2) is 30.3 Å². The minimum absolute atomic E-state index is 0.0294. The lowest BCUT2D eigenvalue weighted by Gasteiger charge is -2.39. The van der Waals surface area contributed by atoms with Crippen LogP contribution in [-0.4, -0.2) is 68.0 Å². The molecular formula is C20H29N3O9S. The Labute approximate surface area is 193 Å². The smallest absolute Gasteiger partial charge is 0.404 e. The number of benzene rings is 1. The van der Waals surface area contributed by atoms with Crippen LogP contribution in [0, 0.1) is 0 Å². The largest absolute Gasteiger partial charge is 0.442 e. The van der Waals surface area contributed by atoms with Crippen molar-refractivity contribution in [2.45, 2.75) is 44.6 Å². The zero-order chi connectivity index (χ0) is 25.0. The van der Waals surface area contributed by atoms with Crippen molar-refractivity contribution in [2.75, 3.05) is 19.8 Å². The Balaban J connectivity index is 0.00000125. The Morgan fingerprint density at radius 2 is 1.82 bits per heavy atom. The van der Waals surface area contributed by atoms with Gasteiger partial charge in [0.15, 0.2) is 5.41 Å². The first-order valence-corrected chi connectivity index (χ1v) is 11.2. The number of carbonyl (C=O) groups excluding carboxylic acids is 4. The summed E-state index contributed by atoms with van der Waals surface area (Å²) >= 11 is -2.61. The zero-order valence-electron chi connectivity index (χ0n) is 18.4. The van der Waals surface area contributed by atoms with Crippen molar-refractivity contribution < 1.29 is 42.0 Å². The first kappa shape index (κ1) is 28.2. The fourth-order valence-corrected chi connectivity index (χ4v) is 3.30. The van der Waals surface area contributed by atoms with Gasteiger partial charge in [-0.3, -0.25) is 28.9 Å². The number of primary amides is 1. The van der Waals surface area contributed by atoms with E-state index in [1.807, 2.05) is 6.92 Å². The maximum Gasteiger partial charge on any atom is 0.404 e. The molecule has 1 aliphatic heterocycles. The predicted molar refractivity (Wildman–Crippen MR) is 117 cm³/mol. The summed E-state index contributed by atoms with van der Waals surface area (Å²) in [6.45, 7) is 3.84. The lowest BCUT2D eigenvalue weighted by Crippen LogP contribution is -2.67. The highest BCUT2D eigenvalue weighted by atomic mass is 32.2. The SMILES string of the molecule is CCCCOCC(CN1C(=O)NC(=O)C(CC)(c2ccccc2)C1=O)OC(N)=O.O=S(O)O. The number of nitrogens with zero attached hydrogens (tertiary/aromatic N) is 1. The molecule has 0 saturated carbocycles. The van der Waals surface area contributed by atoms with Crippen molar-refractivity contribution in [3.63, 3.8) is 0 Å². The number of nitrogens with two attached hydrogens (primary N) is 1. The summed E-state index contributed by atoms with van der Waals surface area (Å²) in [6.07, 6.45) is -0.0994. The van der Waals surface area contributed by atoms with Gasteiger partial charge in [0.1, 0.15) is 6.10 Å². The molecule has 5 amide bonds. The molecule has 1 heterocycles. The summed E-state index contributed by atoms with van der Waals surface area (Å²) in [6, 6.07) is 7.67. The highest BCUT2D eigenvalue weighted by molar-refractivity contribution is 7.73. The van der Waals surface area contributed by atoms with Gasteiger partial charge in [-0.15, -0.1) is 0 Å². The standard InChI is InChI=1S/C20H27N3O6.H2O3S/c1-3-5-11-28-13-15(29-18(21)26)12-23-17(25)20(4-2,16(24)22-19(23)27)14-9-7-6-8-10-14;1-4(2)3/h6-10,15H,3-5,11-13H2,1-2H3,(H2,21,26)(H,22,24,27);(H2,1,2,3). The summed E-state index contributed by atoms with van der Waals surface area (Å²) in [7, 11) is 0. The van der Waals surface area contributed by atoms with Crippen LogP contribution in [0.5, 0.6) is 0 Å². The third kappa shape index (κ3) is 7.89. The topological polar surface area (TPSA) is 186 Å². The van der Waals surface area contributed by atoms with Crippen molar-refractivity contribution in [3.05, 3.63) is 35.9 Å². The van der Waals surface area contributed by atoms with E-state index in [0.717, 1.165) is 17.7 Å². The number of ether oxygens (including phenoxy) is 2. The van der Waals surface area contributed by atoms with Gasteiger partial charge in [-0.25, -0.2) is 9.59 Å². The summed E-state index contributed by atoms with van der Waals surface area (Å²) in [5.74, 6) is -1.35. The molecule has 1 aromatic carbocycles. The zero-order valence-corrected chi connectivity index (χ0v) is 19.2. The first-order chi connectivity index (χ1) is 15.6. The lowest BCUT2D eigenvalue weighted by atomic mass is 9.74. The van der Waals surface area contributed by atoms with E-state index in [2.05, 4.69) is 5.32 Å². The minimum atomic E-state index is -2.61. The van der Waals surface area contributed by atoms with Crippen LogP contribution in [0.4, 0.5) is 9.59 Å². The van der Waals surface area contributed by atoms with E-state index in [9.17, 15) is 19.2 Å². The van der Waals surface area contributed by atoms with E-state index in [1.54, 1.807) is 37.3 Å². The van der Waals surface area contributed by atoms with E-state index in [4.69, 9.17) is 28.5 Å². The van der Waals surface area contributed by atoms with Crippen LogP contribution < -0.4 is 11.1 Å². The van der Waals surface area contributed by atoms with Crippen molar-refractivity contribution >= 4 is 35.3 Å². The second-order valence-electron chi connectivity index (χ2n) is 7.02. The van der Waals surface area contributed by atoms with Gasteiger partial charge < -0.3 is 15.2 Å². The number of rotatable bonds is 10. The number of hydrogen-bond donors (Lipinski definition) is 4. The van der Waals surface area contributed by atoms with Crippen LogP contribution in [0.2, 0.25) is 0 Å². The molecule has 2 unspecified atom stereocenters. The van der Waals surface area contributed by atoms with E-state index in [-0.39, 0.29) is 19.6 Å². The molecule has 0 spiro atoms. The maximum atomic E-state index is 13.3. The molecule has 1 saturated heterocycles. The molecule has 0 aliphatic carbocycles. The molecule has 5 N–H and O–H groups in total. The van der Waals surface area contributed by atoms with E-state index >= 15 is 0 Å². The summed E-state index contributed by atoms with van der Waals surface area (Å²) in [4.78, 5) is 50.6. The van der Waals surface area contributed by atoms with E-state index < -0.39 is 46.8 Å². The van der Waals surface area contributed by atoms with Crippen molar-refractivity contribution in [2.24, 2.45) is 5.73 Å². The first-order valence-electron chi connectivity index (χ1n) is 10.2. The molecule has 0 bridgehead atoms. The predicted octanol–water partition coefficient (Wildman–Crippen LogP) is 1.37. The average molecular weight is 488 g/mol. The second kappa shape index (κ2) is 13.6. The highest BCUT2D eigenvalue weighted by Gasteiger charge is 2.54. The normalized spacial score (nSPS) is 18.9. The van der Waals surface area contributed by atoms with Crippen molar-refractivity contribution in [1.29, 1.82) is 0 Å². The monoisotopic (exact) mass is 487 g/mol. The van der Waals surface area contributed by atoms with Crippen LogP contribution in [0.1, 0.15) is 38.7 Å². The highest BCUT2D eigenvalue weighted by Crippen LogP contribution is 2.33. The third-order valence-electron chi connectivity index (χ3n) is 4.88. The quantitative estimate of drug-likeness (QED) is 0.215.